The topological polar surface area (TPSA) is 9.23 Å². The first-order valence-electron chi connectivity index (χ1n) is 6.05. The van der Waals surface area contributed by atoms with Gasteiger partial charge in [-0.15, -0.1) is 0 Å². The van der Waals surface area contributed by atoms with Crippen molar-refractivity contribution < 1.29 is 4.74 Å². The summed E-state index contributed by atoms with van der Waals surface area (Å²) in [4.78, 5) is 0. The van der Waals surface area contributed by atoms with Gasteiger partial charge in [-0.1, -0.05) is 42.2 Å². The lowest BCUT2D eigenvalue weighted by Gasteiger charge is -2.29. The van der Waals surface area contributed by atoms with E-state index in [0.717, 1.165) is 6.61 Å². The van der Waals surface area contributed by atoms with Crippen molar-refractivity contribution in [1.82, 2.24) is 0 Å². The molecule has 0 bridgehead atoms. The summed E-state index contributed by atoms with van der Waals surface area (Å²) < 4.78 is 5.33. The van der Waals surface area contributed by atoms with E-state index in [9.17, 15) is 0 Å². The zero-order valence-electron chi connectivity index (χ0n) is 10.4. The SMILES string of the molecule is CCOC=C[Si](C)(C)c1cccc2c1CC2. The Labute approximate surface area is 99.2 Å². The summed E-state index contributed by atoms with van der Waals surface area (Å²) in [6, 6.07) is 6.77. The largest absolute Gasteiger partial charge is 0.502 e. The average Bonchev–Trinajstić information content (AvgIpc) is 2.19. The minimum absolute atomic E-state index is 0.758. The summed E-state index contributed by atoms with van der Waals surface area (Å²) in [5, 5.41) is 1.59. The Morgan fingerprint density at radius 2 is 2.12 bits per heavy atom. The van der Waals surface area contributed by atoms with Crippen molar-refractivity contribution >= 4 is 13.3 Å². The molecule has 0 radical (unpaired) electrons. The molecule has 16 heavy (non-hydrogen) atoms. The second kappa shape index (κ2) is 4.46. The van der Waals surface area contributed by atoms with Crippen molar-refractivity contribution in [2.45, 2.75) is 32.9 Å². The van der Waals surface area contributed by atoms with Crippen molar-refractivity contribution in [2.24, 2.45) is 0 Å². The summed E-state index contributed by atoms with van der Waals surface area (Å²) in [7, 11) is -1.45. The number of hydrogen-bond donors (Lipinski definition) is 0. The summed E-state index contributed by atoms with van der Waals surface area (Å²) in [5.74, 6) is 0. The van der Waals surface area contributed by atoms with Crippen molar-refractivity contribution in [3.05, 3.63) is 41.3 Å². The Balaban J connectivity index is 2.25. The van der Waals surface area contributed by atoms with Crippen LogP contribution in [0.2, 0.25) is 13.1 Å². The van der Waals surface area contributed by atoms with E-state index in [1.165, 1.54) is 12.8 Å². The maximum Gasteiger partial charge on any atom is 0.108 e. The minimum atomic E-state index is -1.45. The normalized spacial score (nSPS) is 14.7. The van der Waals surface area contributed by atoms with Crippen LogP contribution in [0.4, 0.5) is 0 Å². The van der Waals surface area contributed by atoms with E-state index in [-0.39, 0.29) is 0 Å². The lowest BCUT2D eigenvalue weighted by molar-refractivity contribution is 0.270. The summed E-state index contributed by atoms with van der Waals surface area (Å²) in [6.07, 6.45) is 4.43. The average molecular weight is 232 g/mol. The zero-order chi connectivity index (χ0) is 11.6. The molecule has 1 aliphatic rings. The quantitative estimate of drug-likeness (QED) is 0.573. The molecule has 0 N–H and O–H groups in total. The Morgan fingerprint density at radius 1 is 1.31 bits per heavy atom. The second-order valence-corrected chi connectivity index (χ2v) is 9.24. The Kier molecular flexibility index (Phi) is 3.19. The van der Waals surface area contributed by atoms with Crippen LogP contribution in [-0.2, 0) is 17.6 Å². The van der Waals surface area contributed by atoms with E-state index in [0.29, 0.717) is 0 Å². The van der Waals surface area contributed by atoms with Gasteiger partial charge in [0.2, 0.25) is 0 Å². The molecule has 0 amide bonds. The van der Waals surface area contributed by atoms with E-state index in [1.54, 1.807) is 16.3 Å². The van der Waals surface area contributed by atoms with Gasteiger partial charge in [0.1, 0.15) is 8.07 Å². The van der Waals surface area contributed by atoms with Crippen LogP contribution in [0.15, 0.2) is 30.2 Å². The fourth-order valence-corrected chi connectivity index (χ4v) is 4.46. The van der Waals surface area contributed by atoms with Gasteiger partial charge < -0.3 is 4.74 Å². The number of rotatable bonds is 4. The van der Waals surface area contributed by atoms with Crippen LogP contribution in [0.5, 0.6) is 0 Å². The minimum Gasteiger partial charge on any atom is -0.502 e. The van der Waals surface area contributed by atoms with Crippen LogP contribution in [0.3, 0.4) is 0 Å². The molecule has 0 spiro atoms. The molecule has 0 heterocycles. The number of fused-ring (bicyclic) bond motifs is 1. The lowest BCUT2D eigenvalue weighted by Crippen LogP contribution is -2.44. The van der Waals surface area contributed by atoms with Crippen LogP contribution in [0.1, 0.15) is 18.1 Å². The van der Waals surface area contributed by atoms with Crippen LogP contribution in [-0.4, -0.2) is 14.7 Å². The Bertz CT molecular complexity index is 407. The fraction of sp³-hybridized carbons (Fsp3) is 0.429. The van der Waals surface area contributed by atoms with E-state index < -0.39 is 8.07 Å². The molecule has 86 valence electrons. The molecule has 0 atom stereocenters. The highest BCUT2D eigenvalue weighted by molar-refractivity contribution is 6.94. The predicted octanol–water partition coefficient (Wildman–Crippen LogP) is 2.79. The molecule has 0 fully saturated rings. The first-order valence-corrected chi connectivity index (χ1v) is 9.13. The first-order chi connectivity index (χ1) is 7.65. The molecule has 2 rings (SSSR count). The highest BCUT2D eigenvalue weighted by atomic mass is 28.3. The Morgan fingerprint density at radius 3 is 2.75 bits per heavy atom. The highest BCUT2D eigenvalue weighted by Crippen LogP contribution is 2.23. The van der Waals surface area contributed by atoms with E-state index in [4.69, 9.17) is 4.74 Å². The molecule has 0 saturated heterocycles. The number of aryl methyl sites for hydroxylation is 1. The third kappa shape index (κ3) is 2.07. The second-order valence-electron chi connectivity index (χ2n) is 4.92. The molecule has 1 aliphatic carbocycles. The van der Waals surface area contributed by atoms with E-state index in [1.807, 2.05) is 13.2 Å². The molecular formula is C14H20OSi. The van der Waals surface area contributed by atoms with Crippen molar-refractivity contribution in [1.29, 1.82) is 0 Å². The van der Waals surface area contributed by atoms with Crippen molar-refractivity contribution in [2.75, 3.05) is 6.61 Å². The van der Waals surface area contributed by atoms with Crippen LogP contribution in [0, 0.1) is 0 Å². The van der Waals surface area contributed by atoms with Gasteiger partial charge >= 0.3 is 0 Å². The van der Waals surface area contributed by atoms with Crippen molar-refractivity contribution in [3.8, 4) is 0 Å². The van der Waals surface area contributed by atoms with Crippen LogP contribution < -0.4 is 5.19 Å². The van der Waals surface area contributed by atoms with Gasteiger partial charge in [-0.05, 0) is 30.9 Å². The van der Waals surface area contributed by atoms with Gasteiger partial charge in [0.15, 0.2) is 0 Å². The summed E-state index contributed by atoms with van der Waals surface area (Å²) in [6.45, 7) is 7.55. The van der Waals surface area contributed by atoms with Crippen LogP contribution >= 0.6 is 0 Å². The molecule has 1 aromatic carbocycles. The highest BCUT2D eigenvalue weighted by Gasteiger charge is 2.27. The molecule has 0 aliphatic heterocycles. The molecule has 0 unspecified atom stereocenters. The van der Waals surface area contributed by atoms with Gasteiger partial charge in [-0.25, -0.2) is 0 Å². The monoisotopic (exact) mass is 232 g/mol. The number of benzene rings is 1. The maximum absolute atomic E-state index is 5.33. The molecule has 0 aromatic heterocycles. The standard InChI is InChI=1S/C14H20OSi/c1-4-15-10-11-16(2,3)14-7-5-6-12-8-9-13(12)14/h5-7,10-11H,4,8-9H2,1-3H3. The molecule has 2 heteroatoms. The van der Waals surface area contributed by atoms with Gasteiger partial charge in [-0.3, -0.25) is 0 Å². The van der Waals surface area contributed by atoms with Gasteiger partial charge in [0, 0.05) is 0 Å². The van der Waals surface area contributed by atoms with Crippen molar-refractivity contribution in [3.63, 3.8) is 0 Å². The van der Waals surface area contributed by atoms with E-state index >= 15 is 0 Å². The Hall–Kier alpha value is -1.02. The summed E-state index contributed by atoms with van der Waals surface area (Å²) in [5.41, 5.74) is 5.47. The van der Waals surface area contributed by atoms with Gasteiger partial charge in [0.05, 0.1) is 12.9 Å². The zero-order valence-corrected chi connectivity index (χ0v) is 11.4. The lowest BCUT2D eigenvalue weighted by atomic mass is 9.89. The third-order valence-electron chi connectivity index (χ3n) is 3.36. The number of ether oxygens (including phenoxy) is 1. The van der Waals surface area contributed by atoms with Gasteiger partial charge in [-0.2, -0.15) is 0 Å². The van der Waals surface area contributed by atoms with Crippen LogP contribution in [0.25, 0.3) is 0 Å². The fourth-order valence-electron chi connectivity index (χ4n) is 2.25. The number of hydrogen-bond acceptors (Lipinski definition) is 1. The predicted molar refractivity (Wildman–Crippen MR) is 71.7 cm³/mol. The molecule has 0 saturated carbocycles. The third-order valence-corrected chi connectivity index (χ3v) is 6.19. The first kappa shape index (κ1) is 11.5. The molecule has 1 nitrogen and oxygen atoms in total. The van der Waals surface area contributed by atoms with E-state index in [2.05, 4.69) is 37.0 Å². The smallest absolute Gasteiger partial charge is 0.108 e. The molecular weight excluding hydrogens is 212 g/mol. The maximum atomic E-state index is 5.33. The summed E-state index contributed by atoms with van der Waals surface area (Å²) >= 11 is 0. The van der Waals surface area contributed by atoms with Gasteiger partial charge in [0.25, 0.3) is 0 Å². The molecule has 1 aromatic rings.